The van der Waals surface area contributed by atoms with Crippen molar-refractivity contribution >= 4 is 0 Å². The Bertz CT molecular complexity index is 558. The van der Waals surface area contributed by atoms with Crippen LogP contribution in [0.3, 0.4) is 0 Å². The maximum absolute atomic E-state index is 5.54. The minimum absolute atomic E-state index is 0.766. The molecule has 118 valence electrons. The van der Waals surface area contributed by atoms with Crippen molar-refractivity contribution < 1.29 is 9.47 Å². The van der Waals surface area contributed by atoms with Gasteiger partial charge < -0.3 is 9.47 Å². The van der Waals surface area contributed by atoms with Gasteiger partial charge in [0.15, 0.2) is 0 Å². The van der Waals surface area contributed by atoms with Crippen LogP contribution >= 0.6 is 0 Å². The summed E-state index contributed by atoms with van der Waals surface area (Å²) in [6.45, 7) is 5.93. The van der Waals surface area contributed by atoms with Crippen LogP contribution in [0.1, 0.15) is 39.5 Å². The summed E-state index contributed by atoms with van der Waals surface area (Å²) in [7, 11) is 0. The third-order valence-corrected chi connectivity index (χ3v) is 3.29. The molecule has 0 radical (unpaired) electrons. The molecule has 0 fully saturated rings. The molecule has 0 aromatic carbocycles. The molecule has 0 spiro atoms. The van der Waals surface area contributed by atoms with Crippen LogP contribution in [0.5, 0.6) is 11.5 Å². The number of fused-ring (bicyclic) bond motifs is 1. The standard InChI is InChI=1S/C10H12O.C8H12N2O/c1-2-3-6-11-10-5-4-8-7-9(8)10;1-2-3-6-11-8-4-5-9-10-7-8/h2*4-5,7H,2-3,6H2,1H3. The predicted octanol–water partition coefficient (Wildman–Crippen LogP) is 4.50. The Morgan fingerprint density at radius 1 is 0.909 bits per heavy atom. The van der Waals surface area contributed by atoms with Gasteiger partial charge in [0.1, 0.15) is 11.5 Å². The molecule has 0 saturated carbocycles. The first-order valence-corrected chi connectivity index (χ1v) is 8.01. The quantitative estimate of drug-likeness (QED) is 0.574. The molecule has 2 aliphatic carbocycles. The van der Waals surface area contributed by atoms with Gasteiger partial charge in [0.05, 0.1) is 25.6 Å². The van der Waals surface area contributed by atoms with Crippen molar-refractivity contribution in [1.29, 1.82) is 0 Å². The molecule has 0 aliphatic heterocycles. The summed E-state index contributed by atoms with van der Waals surface area (Å²) in [6, 6.07) is 8.13. The highest BCUT2D eigenvalue weighted by molar-refractivity contribution is 5.87. The Morgan fingerprint density at radius 2 is 1.68 bits per heavy atom. The molecule has 0 N–H and O–H groups in total. The second-order valence-electron chi connectivity index (χ2n) is 5.19. The van der Waals surface area contributed by atoms with Crippen molar-refractivity contribution in [3.8, 4) is 22.6 Å². The number of benzene rings is 1. The average Bonchev–Trinajstić information content (AvgIpc) is 3.23. The van der Waals surface area contributed by atoms with Gasteiger partial charge in [-0.25, -0.2) is 0 Å². The van der Waals surface area contributed by atoms with Crippen LogP contribution in [0.25, 0.3) is 11.1 Å². The highest BCUT2D eigenvalue weighted by Gasteiger charge is 2.17. The van der Waals surface area contributed by atoms with Crippen LogP contribution in [0.2, 0.25) is 0 Å². The van der Waals surface area contributed by atoms with Crippen LogP contribution in [0.4, 0.5) is 0 Å². The maximum Gasteiger partial charge on any atom is 0.141 e. The lowest BCUT2D eigenvalue weighted by Crippen LogP contribution is -1.96. The van der Waals surface area contributed by atoms with E-state index in [1.807, 2.05) is 6.07 Å². The molecule has 4 nitrogen and oxygen atoms in total. The Balaban J connectivity index is 0.000000160. The number of rotatable bonds is 8. The van der Waals surface area contributed by atoms with Crippen molar-refractivity contribution in [2.45, 2.75) is 39.5 Å². The first-order chi connectivity index (χ1) is 10.8. The Kier molecular flexibility index (Phi) is 6.68. The van der Waals surface area contributed by atoms with Gasteiger partial charge in [0.25, 0.3) is 0 Å². The Hall–Kier alpha value is -2.10. The minimum Gasteiger partial charge on any atom is -0.493 e. The highest BCUT2D eigenvalue weighted by Crippen LogP contribution is 2.43. The van der Waals surface area contributed by atoms with Gasteiger partial charge in [-0.15, -0.1) is 0 Å². The van der Waals surface area contributed by atoms with Crippen molar-refractivity contribution in [3.05, 3.63) is 36.7 Å². The molecule has 0 saturated heterocycles. The van der Waals surface area contributed by atoms with Gasteiger partial charge in [-0.05, 0) is 30.5 Å². The van der Waals surface area contributed by atoms with Gasteiger partial charge in [-0.2, -0.15) is 10.2 Å². The molecule has 4 heteroatoms. The topological polar surface area (TPSA) is 44.2 Å². The minimum atomic E-state index is 0.766. The summed E-state index contributed by atoms with van der Waals surface area (Å²) < 4.78 is 10.9. The lowest BCUT2D eigenvalue weighted by atomic mass is 10.4. The lowest BCUT2D eigenvalue weighted by molar-refractivity contribution is 0.307. The van der Waals surface area contributed by atoms with Crippen molar-refractivity contribution in [1.82, 2.24) is 10.2 Å². The number of nitrogens with zero attached hydrogens (tertiary/aromatic N) is 2. The monoisotopic (exact) mass is 300 g/mol. The molecule has 0 bridgehead atoms. The molecule has 1 aromatic heterocycles. The summed E-state index contributed by atoms with van der Waals surface area (Å²) in [5, 5.41) is 7.33. The molecule has 3 rings (SSSR count). The number of ether oxygens (including phenoxy) is 2. The van der Waals surface area contributed by atoms with Crippen LogP contribution in [-0.4, -0.2) is 23.4 Å². The van der Waals surface area contributed by atoms with Crippen LogP contribution in [-0.2, 0) is 0 Å². The molecule has 1 heterocycles. The molecule has 0 atom stereocenters. The van der Waals surface area contributed by atoms with Gasteiger partial charge in [0, 0.05) is 11.6 Å². The van der Waals surface area contributed by atoms with E-state index in [-0.39, 0.29) is 0 Å². The normalized spacial score (nSPS) is 10.5. The van der Waals surface area contributed by atoms with E-state index in [1.165, 1.54) is 17.5 Å². The second-order valence-corrected chi connectivity index (χ2v) is 5.19. The summed E-state index contributed by atoms with van der Waals surface area (Å²) in [5.74, 6) is 1.88. The molecule has 22 heavy (non-hydrogen) atoms. The molecule has 1 aromatic rings. The fraction of sp³-hybridized carbons (Fsp3) is 0.444. The van der Waals surface area contributed by atoms with Crippen LogP contribution in [0, 0.1) is 0 Å². The van der Waals surface area contributed by atoms with Crippen LogP contribution < -0.4 is 9.47 Å². The number of aromatic nitrogens is 2. The van der Waals surface area contributed by atoms with Crippen molar-refractivity contribution in [2.75, 3.05) is 13.2 Å². The summed E-state index contributed by atoms with van der Waals surface area (Å²) in [5.41, 5.74) is 2.68. The lowest BCUT2D eigenvalue weighted by Gasteiger charge is -2.02. The molecular weight excluding hydrogens is 276 g/mol. The van der Waals surface area contributed by atoms with E-state index in [1.54, 1.807) is 12.4 Å². The SMILES string of the molecule is CCCCOc1ccc2cc1-2.CCCCOc1ccnnc1. The van der Waals surface area contributed by atoms with E-state index in [4.69, 9.17) is 9.47 Å². The van der Waals surface area contributed by atoms with Crippen LogP contribution in [0.15, 0.2) is 36.7 Å². The summed E-state index contributed by atoms with van der Waals surface area (Å²) in [4.78, 5) is 0. The largest absolute Gasteiger partial charge is 0.493 e. The molecule has 2 aliphatic rings. The molecular formula is C18H24N2O2. The summed E-state index contributed by atoms with van der Waals surface area (Å²) in [6.07, 6.45) is 7.84. The number of unbranched alkanes of at least 4 members (excludes halogenated alkanes) is 2. The van der Waals surface area contributed by atoms with Crippen molar-refractivity contribution in [3.63, 3.8) is 0 Å². The Morgan fingerprint density at radius 3 is 2.23 bits per heavy atom. The zero-order chi connectivity index (χ0) is 15.6. The average molecular weight is 300 g/mol. The van der Waals surface area contributed by atoms with Gasteiger partial charge in [-0.3, -0.25) is 0 Å². The first kappa shape index (κ1) is 16.3. The van der Waals surface area contributed by atoms with Gasteiger partial charge in [-0.1, -0.05) is 32.8 Å². The van der Waals surface area contributed by atoms with E-state index >= 15 is 0 Å². The van der Waals surface area contributed by atoms with Gasteiger partial charge >= 0.3 is 0 Å². The zero-order valence-electron chi connectivity index (χ0n) is 13.4. The van der Waals surface area contributed by atoms with Gasteiger partial charge in [0.2, 0.25) is 0 Å². The Labute approximate surface area is 132 Å². The molecule has 0 amide bonds. The fourth-order valence-electron chi connectivity index (χ4n) is 1.88. The maximum atomic E-state index is 5.54. The van der Waals surface area contributed by atoms with E-state index in [0.29, 0.717) is 0 Å². The van der Waals surface area contributed by atoms with Crippen molar-refractivity contribution in [2.24, 2.45) is 0 Å². The fourth-order valence-corrected chi connectivity index (χ4v) is 1.88. The summed E-state index contributed by atoms with van der Waals surface area (Å²) >= 11 is 0. The predicted molar refractivity (Wildman–Crippen MR) is 88.3 cm³/mol. The van der Waals surface area contributed by atoms with E-state index in [0.717, 1.165) is 44.0 Å². The number of hydrogen-bond donors (Lipinski definition) is 0. The van der Waals surface area contributed by atoms with E-state index < -0.39 is 0 Å². The third kappa shape index (κ3) is 5.35. The second kappa shape index (κ2) is 9.03. The smallest absolute Gasteiger partial charge is 0.141 e. The highest BCUT2D eigenvalue weighted by atomic mass is 16.5. The zero-order valence-corrected chi connectivity index (χ0v) is 13.4. The first-order valence-electron chi connectivity index (χ1n) is 8.01. The van der Waals surface area contributed by atoms with E-state index in [2.05, 4.69) is 42.2 Å². The van der Waals surface area contributed by atoms with E-state index in [9.17, 15) is 0 Å². The number of hydrogen-bond acceptors (Lipinski definition) is 4. The molecule has 0 unspecified atom stereocenters. The third-order valence-electron chi connectivity index (χ3n) is 3.29.